The van der Waals surface area contributed by atoms with Crippen LogP contribution in [0.1, 0.15) is 11.1 Å². The number of halogens is 4. The number of hydrogen-bond acceptors (Lipinski definition) is 1. The smallest absolute Gasteiger partial charge is 0.377 e. The average molecular weight is 221 g/mol. The van der Waals surface area contributed by atoms with E-state index < -0.39 is 17.6 Å². The van der Waals surface area contributed by atoms with E-state index in [9.17, 15) is 17.6 Å². The Morgan fingerprint density at radius 2 is 1.93 bits per heavy atom. The molecular formula is C10H9F4O. The van der Waals surface area contributed by atoms with Gasteiger partial charge < -0.3 is 4.74 Å². The number of alkyl halides is 3. The Morgan fingerprint density at radius 3 is 2.47 bits per heavy atom. The van der Waals surface area contributed by atoms with Crippen LogP contribution < -0.4 is 0 Å². The Bertz CT molecular complexity index is 333. The van der Waals surface area contributed by atoms with Crippen molar-refractivity contribution in [1.29, 1.82) is 0 Å². The van der Waals surface area contributed by atoms with E-state index in [1.165, 1.54) is 6.07 Å². The van der Waals surface area contributed by atoms with Crippen LogP contribution in [0.2, 0.25) is 0 Å². The summed E-state index contributed by atoms with van der Waals surface area (Å²) in [6.45, 7) is 3.52. The van der Waals surface area contributed by atoms with Crippen LogP contribution in [-0.2, 0) is 17.5 Å². The Morgan fingerprint density at radius 1 is 1.27 bits per heavy atom. The molecule has 0 aliphatic rings. The van der Waals surface area contributed by atoms with Crippen molar-refractivity contribution < 1.29 is 22.3 Å². The van der Waals surface area contributed by atoms with E-state index in [-0.39, 0.29) is 18.8 Å². The summed E-state index contributed by atoms with van der Waals surface area (Å²) in [7, 11) is 0. The van der Waals surface area contributed by atoms with Gasteiger partial charge in [0.15, 0.2) is 0 Å². The maximum atomic E-state index is 12.8. The summed E-state index contributed by atoms with van der Waals surface area (Å²) in [6.07, 6.45) is -4.68. The van der Waals surface area contributed by atoms with Crippen LogP contribution in [0.3, 0.4) is 0 Å². The first-order valence-electron chi connectivity index (χ1n) is 4.17. The second-order valence-corrected chi connectivity index (χ2v) is 2.86. The fraction of sp³-hybridized carbons (Fsp3) is 0.300. The van der Waals surface area contributed by atoms with Gasteiger partial charge in [-0.3, -0.25) is 0 Å². The van der Waals surface area contributed by atoms with E-state index in [1.807, 2.05) is 0 Å². The van der Waals surface area contributed by atoms with Gasteiger partial charge in [0.2, 0.25) is 0 Å². The standard InChI is InChI=1S/C10H9F4O/c1-2-15-6-7-3-4-9(11)8(5-7)10(12,13)14/h3-5H,1-2,6H2. The molecule has 0 heterocycles. The van der Waals surface area contributed by atoms with Gasteiger partial charge in [0.1, 0.15) is 5.82 Å². The molecule has 0 aliphatic heterocycles. The van der Waals surface area contributed by atoms with E-state index >= 15 is 0 Å². The molecule has 0 atom stereocenters. The van der Waals surface area contributed by atoms with E-state index in [4.69, 9.17) is 4.74 Å². The molecule has 0 amide bonds. The van der Waals surface area contributed by atoms with E-state index in [2.05, 4.69) is 6.92 Å². The maximum absolute atomic E-state index is 12.8. The predicted molar refractivity (Wildman–Crippen MR) is 46.4 cm³/mol. The zero-order valence-corrected chi connectivity index (χ0v) is 7.77. The lowest BCUT2D eigenvalue weighted by Gasteiger charge is -2.09. The summed E-state index contributed by atoms with van der Waals surface area (Å²) >= 11 is 0. The third-order valence-electron chi connectivity index (χ3n) is 1.75. The molecule has 15 heavy (non-hydrogen) atoms. The lowest BCUT2D eigenvalue weighted by Crippen LogP contribution is -2.09. The van der Waals surface area contributed by atoms with Crippen LogP contribution >= 0.6 is 0 Å². The third-order valence-corrected chi connectivity index (χ3v) is 1.75. The van der Waals surface area contributed by atoms with Gasteiger partial charge in [-0.1, -0.05) is 6.07 Å². The third kappa shape index (κ3) is 3.20. The van der Waals surface area contributed by atoms with E-state index in [0.717, 1.165) is 12.1 Å². The Balaban J connectivity index is 2.95. The molecule has 0 saturated carbocycles. The molecule has 1 aromatic carbocycles. The summed E-state index contributed by atoms with van der Waals surface area (Å²) in [5.41, 5.74) is -1.000. The van der Waals surface area contributed by atoms with Crippen LogP contribution in [0.5, 0.6) is 0 Å². The number of ether oxygens (including phenoxy) is 1. The molecule has 1 rings (SSSR count). The molecule has 0 saturated heterocycles. The maximum Gasteiger partial charge on any atom is 0.419 e. The van der Waals surface area contributed by atoms with E-state index in [1.54, 1.807) is 0 Å². The first kappa shape index (κ1) is 12.0. The molecule has 0 spiro atoms. The molecular weight excluding hydrogens is 212 g/mol. The minimum absolute atomic E-state index is 0.00708. The molecule has 0 unspecified atom stereocenters. The first-order valence-corrected chi connectivity index (χ1v) is 4.17. The highest BCUT2D eigenvalue weighted by Gasteiger charge is 2.34. The number of benzene rings is 1. The van der Waals surface area contributed by atoms with Crippen molar-refractivity contribution in [1.82, 2.24) is 0 Å². The van der Waals surface area contributed by atoms with Gasteiger partial charge in [-0.05, 0) is 24.6 Å². The highest BCUT2D eigenvalue weighted by molar-refractivity contribution is 5.26. The van der Waals surface area contributed by atoms with Crippen molar-refractivity contribution in [2.24, 2.45) is 0 Å². The minimum Gasteiger partial charge on any atom is -0.377 e. The molecule has 0 aromatic heterocycles. The number of hydrogen-bond donors (Lipinski definition) is 0. The zero-order valence-electron chi connectivity index (χ0n) is 7.77. The van der Waals surface area contributed by atoms with Crippen molar-refractivity contribution in [2.75, 3.05) is 6.61 Å². The van der Waals surface area contributed by atoms with Gasteiger partial charge in [-0.15, -0.1) is 0 Å². The van der Waals surface area contributed by atoms with Crippen LogP contribution in [0, 0.1) is 12.7 Å². The highest BCUT2D eigenvalue weighted by atomic mass is 19.4. The van der Waals surface area contributed by atoms with Crippen molar-refractivity contribution in [3.05, 3.63) is 42.1 Å². The average Bonchev–Trinajstić information content (AvgIpc) is 2.15. The minimum atomic E-state index is -4.68. The monoisotopic (exact) mass is 221 g/mol. The Kier molecular flexibility index (Phi) is 3.68. The quantitative estimate of drug-likeness (QED) is 0.712. The second-order valence-electron chi connectivity index (χ2n) is 2.86. The van der Waals surface area contributed by atoms with Gasteiger partial charge >= 0.3 is 6.18 Å². The topological polar surface area (TPSA) is 9.23 Å². The lowest BCUT2D eigenvalue weighted by molar-refractivity contribution is -0.140. The van der Waals surface area contributed by atoms with Gasteiger partial charge in [0, 0.05) is 6.61 Å². The SMILES string of the molecule is [CH2]COCc1ccc(F)c(C(F)(F)F)c1. The summed E-state index contributed by atoms with van der Waals surface area (Å²) in [5.74, 6) is -1.28. The van der Waals surface area contributed by atoms with Crippen LogP contribution in [0.25, 0.3) is 0 Å². The second kappa shape index (κ2) is 4.61. The van der Waals surface area contributed by atoms with Gasteiger partial charge in [0.05, 0.1) is 12.2 Å². The molecule has 1 radical (unpaired) electrons. The van der Waals surface area contributed by atoms with Crippen molar-refractivity contribution in [2.45, 2.75) is 12.8 Å². The molecule has 0 N–H and O–H groups in total. The zero-order chi connectivity index (χ0) is 11.5. The van der Waals surface area contributed by atoms with Crippen molar-refractivity contribution in [3.8, 4) is 0 Å². The van der Waals surface area contributed by atoms with Gasteiger partial charge in [-0.25, -0.2) is 4.39 Å². The highest BCUT2D eigenvalue weighted by Crippen LogP contribution is 2.31. The summed E-state index contributed by atoms with van der Waals surface area (Å²) in [6, 6.07) is 2.77. The Labute approximate surface area is 84.7 Å². The molecule has 1 nitrogen and oxygen atoms in total. The lowest BCUT2D eigenvalue weighted by atomic mass is 10.1. The van der Waals surface area contributed by atoms with Crippen molar-refractivity contribution in [3.63, 3.8) is 0 Å². The van der Waals surface area contributed by atoms with Crippen LogP contribution in [0.4, 0.5) is 17.6 Å². The van der Waals surface area contributed by atoms with Crippen molar-refractivity contribution >= 4 is 0 Å². The molecule has 1 aromatic rings. The Hall–Kier alpha value is -1.10. The molecule has 83 valence electrons. The van der Waals surface area contributed by atoms with Crippen LogP contribution in [-0.4, -0.2) is 6.61 Å². The summed E-state index contributed by atoms with van der Waals surface area (Å²) < 4.78 is 54.4. The van der Waals surface area contributed by atoms with Gasteiger partial charge in [-0.2, -0.15) is 13.2 Å². The fourth-order valence-electron chi connectivity index (χ4n) is 1.07. The molecule has 0 bridgehead atoms. The van der Waals surface area contributed by atoms with Gasteiger partial charge in [0.25, 0.3) is 0 Å². The fourth-order valence-corrected chi connectivity index (χ4v) is 1.07. The largest absolute Gasteiger partial charge is 0.419 e. The summed E-state index contributed by atoms with van der Waals surface area (Å²) in [5, 5.41) is 0. The normalized spacial score (nSPS) is 11.8. The van der Waals surface area contributed by atoms with E-state index in [0.29, 0.717) is 0 Å². The predicted octanol–water partition coefficient (Wildman–Crippen LogP) is 3.20. The number of rotatable bonds is 3. The molecule has 0 aliphatic carbocycles. The molecule has 0 fully saturated rings. The summed E-state index contributed by atoms with van der Waals surface area (Å²) in [4.78, 5) is 0. The molecule has 5 heteroatoms. The first-order chi connectivity index (χ1) is 6.95. The van der Waals surface area contributed by atoms with Crippen LogP contribution in [0.15, 0.2) is 18.2 Å².